The highest BCUT2D eigenvalue weighted by Crippen LogP contribution is 2.68. The summed E-state index contributed by atoms with van der Waals surface area (Å²) in [6.45, 7) is 7.41. The van der Waals surface area contributed by atoms with E-state index < -0.39 is 5.60 Å². The molecule has 0 heterocycles. The van der Waals surface area contributed by atoms with Crippen molar-refractivity contribution < 1.29 is 14.9 Å². The second-order valence-electron chi connectivity index (χ2n) is 11.0. The summed E-state index contributed by atoms with van der Waals surface area (Å²) in [6.07, 6.45) is 10.5. The van der Waals surface area contributed by atoms with Crippen molar-refractivity contribution in [1.82, 2.24) is 0 Å². The molecule has 0 spiro atoms. The van der Waals surface area contributed by atoms with Crippen molar-refractivity contribution in [2.24, 2.45) is 40.4 Å². The predicted molar refractivity (Wildman–Crippen MR) is 104 cm³/mol. The van der Waals surface area contributed by atoms with E-state index in [4.69, 9.17) is 4.74 Å². The van der Waals surface area contributed by atoms with Crippen LogP contribution in [-0.2, 0) is 4.74 Å². The van der Waals surface area contributed by atoms with Crippen LogP contribution in [0.25, 0.3) is 0 Å². The molecule has 26 heavy (non-hydrogen) atoms. The molecule has 0 bridgehead atoms. The maximum atomic E-state index is 10.7. The van der Waals surface area contributed by atoms with Crippen LogP contribution >= 0.6 is 0 Å². The molecular formula is C23H40O3. The van der Waals surface area contributed by atoms with E-state index in [1.165, 1.54) is 38.5 Å². The van der Waals surface area contributed by atoms with E-state index >= 15 is 0 Å². The highest BCUT2D eigenvalue weighted by molar-refractivity contribution is 5.11. The fraction of sp³-hybridized carbons (Fsp3) is 1.00. The third-order valence-corrected chi connectivity index (χ3v) is 9.72. The first-order valence-corrected chi connectivity index (χ1v) is 11.1. The molecule has 150 valence electrons. The van der Waals surface area contributed by atoms with Crippen LogP contribution in [0, 0.1) is 40.4 Å². The molecule has 0 amide bonds. The van der Waals surface area contributed by atoms with Crippen LogP contribution in [0.4, 0.5) is 0 Å². The summed E-state index contributed by atoms with van der Waals surface area (Å²) in [4.78, 5) is 0. The molecule has 0 aromatic carbocycles. The SMILES string of the molecule is COC[C@]12CC[C@@](C)(O)C[C@H]1CC[C@@H]1[C@@H]2CC[C@]2(C)C(C(C)O)CC[C@@H]12. The molecule has 3 heteroatoms. The van der Waals surface area contributed by atoms with Crippen LogP contribution in [0.5, 0.6) is 0 Å². The van der Waals surface area contributed by atoms with Gasteiger partial charge in [0.2, 0.25) is 0 Å². The number of fused-ring (bicyclic) bond motifs is 5. The van der Waals surface area contributed by atoms with Crippen molar-refractivity contribution >= 4 is 0 Å². The Morgan fingerprint density at radius 2 is 1.77 bits per heavy atom. The Morgan fingerprint density at radius 1 is 1.00 bits per heavy atom. The van der Waals surface area contributed by atoms with E-state index in [1.54, 1.807) is 0 Å². The zero-order valence-corrected chi connectivity index (χ0v) is 17.3. The van der Waals surface area contributed by atoms with Crippen LogP contribution in [0.15, 0.2) is 0 Å². The zero-order chi connectivity index (χ0) is 18.7. The first-order chi connectivity index (χ1) is 12.2. The number of hydrogen-bond acceptors (Lipinski definition) is 3. The Morgan fingerprint density at radius 3 is 2.46 bits per heavy atom. The van der Waals surface area contributed by atoms with Gasteiger partial charge < -0.3 is 14.9 Å². The minimum atomic E-state index is -0.483. The lowest BCUT2D eigenvalue weighted by Crippen LogP contribution is -2.58. The van der Waals surface area contributed by atoms with E-state index in [0.717, 1.165) is 43.6 Å². The highest BCUT2D eigenvalue weighted by Gasteiger charge is 2.62. The molecule has 0 aliphatic heterocycles. The fourth-order valence-corrected chi connectivity index (χ4v) is 8.62. The minimum Gasteiger partial charge on any atom is -0.393 e. The number of rotatable bonds is 3. The van der Waals surface area contributed by atoms with E-state index in [-0.39, 0.29) is 11.5 Å². The highest BCUT2D eigenvalue weighted by atomic mass is 16.5. The van der Waals surface area contributed by atoms with Crippen molar-refractivity contribution in [3.8, 4) is 0 Å². The van der Waals surface area contributed by atoms with Crippen LogP contribution < -0.4 is 0 Å². The van der Waals surface area contributed by atoms with E-state index in [0.29, 0.717) is 17.3 Å². The monoisotopic (exact) mass is 364 g/mol. The standard InChI is InChI=1S/C23H40O3/c1-15(24)18-7-8-19-17-6-5-16-13-21(2,25)11-12-23(16,14-26-4)20(17)9-10-22(18,19)3/h15-20,24-25H,5-14H2,1-4H3/t15?,16-,17+,18?,19+,20+,21-,22-,23-/m1/s1. The lowest BCUT2D eigenvalue weighted by Gasteiger charge is -2.62. The van der Waals surface area contributed by atoms with Gasteiger partial charge in [0.05, 0.1) is 18.3 Å². The van der Waals surface area contributed by atoms with Crippen LogP contribution in [0.2, 0.25) is 0 Å². The van der Waals surface area contributed by atoms with Gasteiger partial charge in [-0.15, -0.1) is 0 Å². The number of hydrogen-bond donors (Lipinski definition) is 2. The first-order valence-electron chi connectivity index (χ1n) is 11.1. The Labute approximate surface area is 159 Å². The van der Waals surface area contributed by atoms with Crippen molar-refractivity contribution in [2.75, 3.05) is 13.7 Å². The Hall–Kier alpha value is -0.120. The van der Waals surface area contributed by atoms with Crippen LogP contribution in [-0.4, -0.2) is 35.6 Å². The Bertz CT molecular complexity index is 530. The van der Waals surface area contributed by atoms with Crippen molar-refractivity contribution in [1.29, 1.82) is 0 Å². The second-order valence-corrected chi connectivity index (χ2v) is 11.0. The smallest absolute Gasteiger partial charge is 0.0622 e. The minimum absolute atomic E-state index is 0.171. The number of aliphatic hydroxyl groups excluding tert-OH is 1. The Kier molecular flexibility index (Phi) is 4.77. The van der Waals surface area contributed by atoms with Gasteiger partial charge in [-0.05, 0) is 112 Å². The molecule has 0 aromatic rings. The van der Waals surface area contributed by atoms with Gasteiger partial charge in [-0.3, -0.25) is 0 Å². The summed E-state index contributed by atoms with van der Waals surface area (Å²) in [5.74, 6) is 3.43. The van der Waals surface area contributed by atoms with Gasteiger partial charge in [-0.2, -0.15) is 0 Å². The van der Waals surface area contributed by atoms with Gasteiger partial charge in [0.15, 0.2) is 0 Å². The lowest BCUT2D eigenvalue weighted by molar-refractivity contribution is -0.176. The van der Waals surface area contributed by atoms with E-state index in [2.05, 4.69) is 6.92 Å². The summed E-state index contributed by atoms with van der Waals surface area (Å²) in [7, 11) is 1.87. The van der Waals surface area contributed by atoms with Gasteiger partial charge in [0.1, 0.15) is 0 Å². The van der Waals surface area contributed by atoms with Gasteiger partial charge in [0.25, 0.3) is 0 Å². The van der Waals surface area contributed by atoms with Gasteiger partial charge in [-0.1, -0.05) is 6.92 Å². The topological polar surface area (TPSA) is 49.7 Å². The average molecular weight is 365 g/mol. The largest absolute Gasteiger partial charge is 0.393 e. The first kappa shape index (κ1) is 19.2. The molecule has 0 radical (unpaired) electrons. The van der Waals surface area contributed by atoms with Gasteiger partial charge >= 0.3 is 0 Å². The van der Waals surface area contributed by atoms with Gasteiger partial charge in [-0.25, -0.2) is 0 Å². The molecule has 2 N–H and O–H groups in total. The molecule has 4 rings (SSSR count). The molecule has 4 fully saturated rings. The quantitative estimate of drug-likeness (QED) is 0.780. The molecule has 3 nitrogen and oxygen atoms in total. The molecular weight excluding hydrogens is 324 g/mol. The molecule has 0 saturated heterocycles. The number of methoxy groups -OCH3 is 1. The third-order valence-electron chi connectivity index (χ3n) is 9.72. The maximum absolute atomic E-state index is 10.7. The molecule has 4 aliphatic carbocycles. The number of ether oxygens (including phenoxy) is 1. The summed E-state index contributed by atoms with van der Waals surface area (Å²) in [6, 6.07) is 0. The third kappa shape index (κ3) is 2.71. The van der Waals surface area contributed by atoms with Crippen molar-refractivity contribution in [3.05, 3.63) is 0 Å². The van der Waals surface area contributed by atoms with Crippen molar-refractivity contribution in [3.63, 3.8) is 0 Å². The van der Waals surface area contributed by atoms with E-state index in [1.807, 2.05) is 21.0 Å². The van der Waals surface area contributed by atoms with Crippen LogP contribution in [0.3, 0.4) is 0 Å². The Balaban J connectivity index is 1.64. The lowest BCUT2D eigenvalue weighted by atomic mass is 9.43. The number of aliphatic hydroxyl groups is 2. The van der Waals surface area contributed by atoms with Crippen molar-refractivity contribution in [2.45, 2.75) is 90.3 Å². The zero-order valence-electron chi connectivity index (χ0n) is 17.3. The van der Waals surface area contributed by atoms with Crippen LogP contribution in [0.1, 0.15) is 78.6 Å². The summed E-state index contributed by atoms with van der Waals surface area (Å²) < 4.78 is 5.83. The van der Waals surface area contributed by atoms with Gasteiger partial charge in [0, 0.05) is 7.11 Å². The summed E-state index contributed by atoms with van der Waals surface area (Å²) in [5.41, 5.74) is 0.128. The molecule has 0 aromatic heterocycles. The fourth-order valence-electron chi connectivity index (χ4n) is 8.62. The average Bonchev–Trinajstić information content (AvgIpc) is 2.92. The summed E-state index contributed by atoms with van der Waals surface area (Å²) in [5, 5.41) is 21.1. The molecule has 2 unspecified atom stereocenters. The maximum Gasteiger partial charge on any atom is 0.0622 e. The predicted octanol–water partition coefficient (Wildman–Crippen LogP) is 4.40. The van der Waals surface area contributed by atoms with E-state index in [9.17, 15) is 10.2 Å². The molecule has 4 aliphatic rings. The normalized spacial score (nSPS) is 54.9. The molecule has 4 saturated carbocycles. The second kappa shape index (κ2) is 6.46. The summed E-state index contributed by atoms with van der Waals surface area (Å²) >= 11 is 0. The molecule has 9 atom stereocenters.